The average molecular weight is 333 g/mol. The molecule has 0 spiro atoms. The molecule has 0 saturated carbocycles. The van der Waals surface area contributed by atoms with Crippen LogP contribution >= 0.6 is 27.3 Å². The average Bonchev–Trinajstić information content (AvgIpc) is 2.83. The molecule has 3 aromatic rings. The largest absolute Gasteiger partial charge is 0.329 e. The van der Waals surface area contributed by atoms with Gasteiger partial charge in [0.15, 0.2) is 0 Å². The number of halogens is 1. The Morgan fingerprint density at radius 3 is 2.68 bits per heavy atom. The summed E-state index contributed by atoms with van der Waals surface area (Å²) in [6, 6.07) is 16.5. The van der Waals surface area contributed by atoms with E-state index < -0.39 is 0 Å². The molecule has 4 heteroatoms. The van der Waals surface area contributed by atoms with E-state index >= 15 is 0 Å². The number of thiazole rings is 1. The lowest BCUT2D eigenvalue weighted by molar-refractivity contribution is 0.812. The summed E-state index contributed by atoms with van der Waals surface area (Å²) in [4.78, 5) is 4.72. The molecule has 0 fully saturated rings. The van der Waals surface area contributed by atoms with Crippen LogP contribution in [0.3, 0.4) is 0 Å². The molecular formula is C15H13BrN2S. The summed E-state index contributed by atoms with van der Waals surface area (Å²) in [7, 11) is 0. The summed E-state index contributed by atoms with van der Waals surface area (Å²) in [6.07, 6.45) is 0. The molecule has 0 aliphatic rings. The van der Waals surface area contributed by atoms with Crippen LogP contribution in [0.5, 0.6) is 0 Å². The van der Waals surface area contributed by atoms with Crippen LogP contribution in [0.15, 0.2) is 53.0 Å². The zero-order chi connectivity index (χ0) is 13.2. The van der Waals surface area contributed by atoms with Gasteiger partial charge in [-0.2, -0.15) is 0 Å². The van der Waals surface area contributed by atoms with Crippen LogP contribution in [0.1, 0.15) is 16.5 Å². The maximum absolute atomic E-state index is 5.95. The van der Waals surface area contributed by atoms with E-state index in [0.29, 0.717) is 6.54 Å². The first kappa shape index (κ1) is 12.8. The number of aromatic nitrogens is 1. The molecule has 0 radical (unpaired) electrons. The van der Waals surface area contributed by atoms with Gasteiger partial charge in [0.25, 0.3) is 0 Å². The fraction of sp³-hybridized carbons (Fsp3) is 0.133. The van der Waals surface area contributed by atoms with Crippen molar-refractivity contribution >= 4 is 37.5 Å². The Morgan fingerprint density at radius 2 is 1.95 bits per heavy atom. The van der Waals surface area contributed by atoms with Crippen molar-refractivity contribution in [1.29, 1.82) is 0 Å². The quantitative estimate of drug-likeness (QED) is 0.782. The molecule has 2 nitrogen and oxygen atoms in total. The second-order valence-corrected chi connectivity index (χ2v) is 6.34. The van der Waals surface area contributed by atoms with E-state index in [1.165, 1.54) is 10.3 Å². The standard InChI is InChI=1S/C15H13BrN2S/c16-11-6-7-13-14(8-11)19-15(18-13)12(9-17)10-4-2-1-3-5-10/h1-8,12H,9,17H2. The fourth-order valence-electron chi connectivity index (χ4n) is 2.13. The third-order valence-corrected chi connectivity index (χ3v) is 4.73. The molecule has 0 amide bonds. The summed E-state index contributed by atoms with van der Waals surface area (Å²) in [5, 5.41) is 1.09. The highest BCUT2D eigenvalue weighted by molar-refractivity contribution is 9.10. The predicted octanol–water partition coefficient (Wildman–Crippen LogP) is 4.15. The first-order valence-electron chi connectivity index (χ1n) is 6.09. The molecule has 3 rings (SSSR count). The molecule has 0 aliphatic carbocycles. The van der Waals surface area contributed by atoms with Gasteiger partial charge in [-0.15, -0.1) is 11.3 Å². The van der Waals surface area contributed by atoms with E-state index in [4.69, 9.17) is 10.7 Å². The Balaban J connectivity index is 2.07. The third kappa shape index (κ3) is 2.56. The minimum absolute atomic E-state index is 0.178. The van der Waals surface area contributed by atoms with Gasteiger partial charge in [-0.1, -0.05) is 46.3 Å². The molecule has 1 aromatic heterocycles. The van der Waals surface area contributed by atoms with Crippen LogP contribution in [0.4, 0.5) is 0 Å². The Kier molecular flexibility index (Phi) is 3.64. The molecule has 96 valence electrons. The summed E-state index contributed by atoms with van der Waals surface area (Å²) < 4.78 is 2.28. The lowest BCUT2D eigenvalue weighted by atomic mass is 10.0. The minimum Gasteiger partial charge on any atom is -0.329 e. The second-order valence-electron chi connectivity index (χ2n) is 4.36. The number of benzene rings is 2. The van der Waals surface area contributed by atoms with Crippen molar-refractivity contribution in [3.05, 3.63) is 63.6 Å². The van der Waals surface area contributed by atoms with E-state index in [1.807, 2.05) is 30.3 Å². The monoisotopic (exact) mass is 332 g/mol. The van der Waals surface area contributed by atoms with Crippen LogP contribution in [-0.2, 0) is 0 Å². The maximum Gasteiger partial charge on any atom is 0.103 e. The minimum atomic E-state index is 0.178. The molecule has 0 aliphatic heterocycles. The van der Waals surface area contributed by atoms with E-state index in [9.17, 15) is 0 Å². The predicted molar refractivity (Wildman–Crippen MR) is 84.7 cm³/mol. The number of nitrogens with two attached hydrogens (primary N) is 1. The molecule has 19 heavy (non-hydrogen) atoms. The van der Waals surface area contributed by atoms with Crippen molar-refractivity contribution in [2.75, 3.05) is 6.54 Å². The molecular weight excluding hydrogens is 320 g/mol. The topological polar surface area (TPSA) is 38.9 Å². The van der Waals surface area contributed by atoms with Crippen molar-refractivity contribution in [3.63, 3.8) is 0 Å². The van der Waals surface area contributed by atoms with Crippen molar-refractivity contribution in [1.82, 2.24) is 4.98 Å². The van der Waals surface area contributed by atoms with Gasteiger partial charge < -0.3 is 5.73 Å². The van der Waals surface area contributed by atoms with Crippen molar-refractivity contribution < 1.29 is 0 Å². The fourth-order valence-corrected chi connectivity index (χ4v) is 3.79. The molecule has 2 N–H and O–H groups in total. The lowest BCUT2D eigenvalue weighted by Crippen LogP contribution is -2.13. The second kappa shape index (κ2) is 5.41. The summed E-state index contributed by atoms with van der Waals surface area (Å²) in [5.74, 6) is 0.178. The van der Waals surface area contributed by atoms with Gasteiger partial charge in [0.1, 0.15) is 5.01 Å². The molecule has 1 heterocycles. The van der Waals surface area contributed by atoms with E-state index in [1.54, 1.807) is 11.3 Å². The van der Waals surface area contributed by atoms with Gasteiger partial charge in [-0.05, 0) is 23.8 Å². The van der Waals surface area contributed by atoms with Gasteiger partial charge in [0.2, 0.25) is 0 Å². The first-order chi connectivity index (χ1) is 9.28. The zero-order valence-corrected chi connectivity index (χ0v) is 12.6. The molecule has 2 aromatic carbocycles. The number of fused-ring (bicyclic) bond motifs is 1. The summed E-state index contributed by atoms with van der Waals surface area (Å²) in [5.41, 5.74) is 8.21. The highest BCUT2D eigenvalue weighted by Gasteiger charge is 2.16. The first-order valence-corrected chi connectivity index (χ1v) is 7.70. The smallest absolute Gasteiger partial charge is 0.103 e. The number of rotatable bonds is 3. The van der Waals surface area contributed by atoms with Crippen LogP contribution < -0.4 is 5.73 Å². The van der Waals surface area contributed by atoms with Gasteiger partial charge in [-0.25, -0.2) is 4.98 Å². The van der Waals surface area contributed by atoms with E-state index in [-0.39, 0.29) is 5.92 Å². The lowest BCUT2D eigenvalue weighted by Gasteiger charge is -2.11. The van der Waals surface area contributed by atoms with Gasteiger partial charge >= 0.3 is 0 Å². The van der Waals surface area contributed by atoms with Crippen LogP contribution in [0.2, 0.25) is 0 Å². The Hall–Kier alpha value is -1.23. The van der Waals surface area contributed by atoms with Gasteiger partial charge in [0, 0.05) is 16.9 Å². The molecule has 1 unspecified atom stereocenters. The van der Waals surface area contributed by atoms with Crippen molar-refractivity contribution in [2.45, 2.75) is 5.92 Å². The number of hydrogen-bond acceptors (Lipinski definition) is 3. The van der Waals surface area contributed by atoms with Crippen LogP contribution in [-0.4, -0.2) is 11.5 Å². The highest BCUT2D eigenvalue weighted by Crippen LogP contribution is 2.32. The van der Waals surface area contributed by atoms with E-state index in [2.05, 4.69) is 34.1 Å². The van der Waals surface area contributed by atoms with Crippen LogP contribution in [0.25, 0.3) is 10.2 Å². The Labute approximate surface area is 124 Å². The molecule has 1 atom stereocenters. The summed E-state index contributed by atoms with van der Waals surface area (Å²) >= 11 is 5.21. The Morgan fingerprint density at radius 1 is 1.16 bits per heavy atom. The highest BCUT2D eigenvalue weighted by atomic mass is 79.9. The zero-order valence-electron chi connectivity index (χ0n) is 10.2. The van der Waals surface area contributed by atoms with Gasteiger partial charge in [0.05, 0.1) is 10.2 Å². The van der Waals surface area contributed by atoms with Crippen LogP contribution in [0, 0.1) is 0 Å². The maximum atomic E-state index is 5.95. The SMILES string of the molecule is NCC(c1ccccc1)c1nc2ccc(Br)cc2s1. The molecule has 0 saturated heterocycles. The van der Waals surface area contributed by atoms with E-state index in [0.717, 1.165) is 15.0 Å². The van der Waals surface area contributed by atoms with Gasteiger partial charge in [-0.3, -0.25) is 0 Å². The van der Waals surface area contributed by atoms with Crippen molar-refractivity contribution in [3.8, 4) is 0 Å². The third-order valence-electron chi connectivity index (χ3n) is 3.10. The number of hydrogen-bond donors (Lipinski definition) is 1. The molecule has 0 bridgehead atoms. The Bertz CT molecular complexity index is 694. The van der Waals surface area contributed by atoms with Crippen molar-refractivity contribution in [2.24, 2.45) is 5.73 Å². The normalized spacial score (nSPS) is 12.7. The summed E-state index contributed by atoms with van der Waals surface area (Å²) in [6.45, 7) is 0.574. The number of nitrogens with zero attached hydrogens (tertiary/aromatic N) is 1.